The van der Waals surface area contributed by atoms with Gasteiger partial charge in [0.15, 0.2) is 6.10 Å². The second kappa shape index (κ2) is 68.4. The van der Waals surface area contributed by atoms with Crippen molar-refractivity contribution in [2.45, 2.75) is 431 Å². The molecule has 0 saturated heterocycles. The van der Waals surface area contributed by atoms with Crippen molar-refractivity contribution in [1.82, 2.24) is 0 Å². The maximum Gasteiger partial charge on any atom is 0.306 e. The van der Waals surface area contributed by atoms with E-state index in [1.165, 1.54) is 360 Å². The highest BCUT2D eigenvalue weighted by Crippen LogP contribution is 2.38. The summed E-state index contributed by atoms with van der Waals surface area (Å²) in [5, 5.41) is 0. The van der Waals surface area contributed by atoms with Crippen LogP contribution in [0.2, 0.25) is 0 Å². The molecule has 0 bridgehead atoms. The number of ether oxygens (including phenoxy) is 2. The van der Waals surface area contributed by atoms with Crippen LogP contribution in [0.1, 0.15) is 425 Å². The van der Waals surface area contributed by atoms with Gasteiger partial charge < -0.3 is 27.9 Å². The maximum absolute atomic E-state index is 12.9. The van der Waals surface area contributed by atoms with E-state index in [-0.39, 0.29) is 32.0 Å². The minimum absolute atomic E-state index is 0.0247. The summed E-state index contributed by atoms with van der Waals surface area (Å²) in [5.41, 5.74) is 0. The highest BCUT2D eigenvalue weighted by molar-refractivity contribution is 7.45. The number of hydrogen-bond acceptors (Lipinski definition) is 8. The van der Waals surface area contributed by atoms with Gasteiger partial charge in [-0.25, -0.2) is 0 Å². The molecule has 0 amide bonds. The van der Waals surface area contributed by atoms with Gasteiger partial charge in [-0.3, -0.25) is 14.2 Å². The first-order valence-corrected chi connectivity index (χ1v) is 40.2. The minimum atomic E-state index is -4.64. The Morgan fingerprint density at radius 3 is 0.744 bits per heavy atom. The predicted molar refractivity (Wildman–Crippen MR) is 370 cm³/mol. The largest absolute Gasteiger partial charge is 0.756 e. The van der Waals surface area contributed by atoms with Gasteiger partial charge >= 0.3 is 11.9 Å². The number of esters is 2. The fourth-order valence-electron chi connectivity index (χ4n) is 12.2. The molecular weight excluding hydrogens is 1090 g/mol. The summed E-state index contributed by atoms with van der Waals surface area (Å²) in [6.45, 7) is 4.35. The molecule has 0 radical (unpaired) electrons. The van der Waals surface area contributed by atoms with E-state index in [4.69, 9.17) is 18.5 Å². The summed E-state index contributed by atoms with van der Waals surface area (Å²) in [5.74, 6) is -0.802. The second-order valence-electron chi connectivity index (χ2n) is 28.1. The molecule has 0 aromatic heterocycles. The molecule has 2 atom stereocenters. The highest BCUT2D eigenvalue weighted by atomic mass is 31.2. The van der Waals surface area contributed by atoms with E-state index < -0.39 is 26.5 Å². The average molecular weight is 1240 g/mol. The highest BCUT2D eigenvalue weighted by Gasteiger charge is 2.22. The number of phosphoric acid groups is 1. The third-order valence-electron chi connectivity index (χ3n) is 18.1. The number of rotatable bonds is 74. The zero-order valence-corrected chi connectivity index (χ0v) is 59.7. The second-order valence-corrected chi connectivity index (χ2v) is 29.5. The fourth-order valence-corrected chi connectivity index (χ4v) is 12.9. The lowest BCUT2D eigenvalue weighted by Gasteiger charge is -2.28. The van der Waals surface area contributed by atoms with Crippen molar-refractivity contribution in [3.63, 3.8) is 0 Å². The molecule has 0 spiro atoms. The van der Waals surface area contributed by atoms with Gasteiger partial charge in [0.05, 0.1) is 27.7 Å². The smallest absolute Gasteiger partial charge is 0.306 e. The molecule has 0 N–H and O–H groups in total. The number of hydrogen-bond donors (Lipinski definition) is 0. The molecule has 0 heterocycles. The number of unbranched alkanes of at least 4 members (excludes halogenated alkanes) is 60. The molecule has 0 aromatic rings. The Kier molecular flexibility index (Phi) is 67.6. The monoisotopic (exact) mass is 1240 g/mol. The predicted octanol–water partition coefficient (Wildman–Crippen LogP) is 24.7. The Hall–Kier alpha value is -0.990. The van der Waals surface area contributed by atoms with Gasteiger partial charge in [0.2, 0.25) is 0 Å². The zero-order chi connectivity index (χ0) is 62.6. The van der Waals surface area contributed by atoms with Crippen LogP contribution in [0, 0.1) is 0 Å². The van der Waals surface area contributed by atoms with Crippen LogP contribution >= 0.6 is 7.82 Å². The molecule has 0 saturated carbocycles. The molecule has 0 aromatic carbocycles. The van der Waals surface area contributed by atoms with Crippen molar-refractivity contribution < 1.29 is 42.1 Å². The quantitative estimate of drug-likeness (QED) is 0.0256. The van der Waals surface area contributed by atoms with Crippen LogP contribution in [0.5, 0.6) is 0 Å². The van der Waals surface area contributed by atoms with Crippen LogP contribution in [0.25, 0.3) is 0 Å². The van der Waals surface area contributed by atoms with Crippen molar-refractivity contribution in [2.24, 2.45) is 0 Å². The van der Waals surface area contributed by atoms with Gasteiger partial charge in [-0.1, -0.05) is 399 Å². The average Bonchev–Trinajstić information content (AvgIpc) is 3.67. The molecule has 0 rings (SSSR count). The molecule has 514 valence electrons. The minimum Gasteiger partial charge on any atom is -0.756 e. The third kappa shape index (κ3) is 72.1. The van der Waals surface area contributed by atoms with Crippen LogP contribution in [-0.2, 0) is 32.7 Å². The van der Waals surface area contributed by atoms with Crippen molar-refractivity contribution >= 4 is 19.8 Å². The molecule has 9 nitrogen and oxygen atoms in total. The van der Waals surface area contributed by atoms with Gasteiger partial charge in [-0.2, -0.15) is 0 Å². The normalized spacial score (nSPS) is 13.0. The topological polar surface area (TPSA) is 111 Å². The van der Waals surface area contributed by atoms with E-state index in [2.05, 4.69) is 13.8 Å². The Bertz CT molecular complexity index is 1410. The van der Waals surface area contributed by atoms with Gasteiger partial charge in [0.25, 0.3) is 7.82 Å². The lowest BCUT2D eigenvalue weighted by Crippen LogP contribution is -2.37. The number of phosphoric ester groups is 1. The summed E-state index contributed by atoms with van der Waals surface area (Å²) in [6.07, 6.45) is 83.7. The lowest BCUT2D eigenvalue weighted by molar-refractivity contribution is -0.870. The molecule has 86 heavy (non-hydrogen) atoms. The van der Waals surface area contributed by atoms with Crippen molar-refractivity contribution in [3.8, 4) is 0 Å². The molecule has 10 heteroatoms. The van der Waals surface area contributed by atoms with Crippen molar-refractivity contribution in [1.29, 1.82) is 0 Å². The first kappa shape index (κ1) is 85.0. The van der Waals surface area contributed by atoms with E-state index in [1.807, 2.05) is 21.1 Å². The van der Waals surface area contributed by atoms with Crippen LogP contribution < -0.4 is 4.89 Å². The number of quaternary nitrogens is 1. The molecule has 0 aliphatic heterocycles. The third-order valence-corrected chi connectivity index (χ3v) is 19.1. The van der Waals surface area contributed by atoms with Crippen LogP contribution in [0.3, 0.4) is 0 Å². The van der Waals surface area contributed by atoms with E-state index >= 15 is 0 Å². The summed E-state index contributed by atoms with van der Waals surface area (Å²) < 4.78 is 34.4. The van der Waals surface area contributed by atoms with Crippen LogP contribution in [-0.4, -0.2) is 70.0 Å². The van der Waals surface area contributed by atoms with Crippen molar-refractivity contribution in [3.05, 3.63) is 0 Å². The zero-order valence-electron chi connectivity index (χ0n) is 58.8. The SMILES string of the molecule is CCCCCCCCCCCCCCCCCCCCCCCCCCCCCCCCCCCCCCCC(=O)OC(COC(=O)CCCCCCCCCCCCCCCCCCCCCCCCCCC)COP(=O)([O-])OCC[N+](C)(C)C. The fraction of sp³-hybridized carbons (Fsp3) is 0.974. The number of likely N-dealkylation sites (N-methyl/N-ethyl adjacent to an activating group) is 1. The summed E-state index contributed by atoms with van der Waals surface area (Å²) in [7, 11) is 1.20. The molecule has 0 fully saturated rings. The van der Waals surface area contributed by atoms with Crippen LogP contribution in [0.15, 0.2) is 0 Å². The van der Waals surface area contributed by atoms with Gasteiger partial charge in [0, 0.05) is 12.8 Å². The number of carbonyl (C=O) groups is 2. The summed E-state index contributed by atoms with van der Waals surface area (Å²) in [6, 6.07) is 0. The standard InChI is InChI=1S/C76H152NO8P/c1-6-8-10-12-14-16-18-20-22-24-26-28-30-32-33-34-35-36-37-38-39-40-41-42-43-45-47-49-51-53-55-57-59-61-63-65-67-69-76(79)85-74(73-84-86(80,81)83-71-70-77(3,4)5)72-82-75(78)68-66-64-62-60-58-56-54-52-50-48-46-44-31-29-27-25-23-21-19-17-15-13-11-9-7-2/h74H,6-73H2,1-5H3. The maximum atomic E-state index is 12.9. The number of carbonyl (C=O) groups excluding carboxylic acids is 2. The Balaban J connectivity index is 3.88. The van der Waals surface area contributed by atoms with E-state index in [0.29, 0.717) is 17.4 Å². The van der Waals surface area contributed by atoms with Gasteiger partial charge in [-0.15, -0.1) is 0 Å². The Morgan fingerprint density at radius 2 is 0.523 bits per heavy atom. The lowest BCUT2D eigenvalue weighted by atomic mass is 10.0. The van der Waals surface area contributed by atoms with E-state index in [9.17, 15) is 19.0 Å². The van der Waals surface area contributed by atoms with Gasteiger partial charge in [0.1, 0.15) is 19.8 Å². The first-order chi connectivity index (χ1) is 42.0. The van der Waals surface area contributed by atoms with Crippen molar-refractivity contribution in [2.75, 3.05) is 47.5 Å². The number of nitrogens with zero attached hydrogens (tertiary/aromatic N) is 1. The molecule has 0 aliphatic carbocycles. The molecule has 2 unspecified atom stereocenters. The van der Waals surface area contributed by atoms with E-state index in [0.717, 1.165) is 32.1 Å². The van der Waals surface area contributed by atoms with Crippen LogP contribution in [0.4, 0.5) is 0 Å². The Labute approximate surface area is 537 Å². The Morgan fingerprint density at radius 1 is 0.314 bits per heavy atom. The first-order valence-electron chi connectivity index (χ1n) is 38.7. The van der Waals surface area contributed by atoms with E-state index in [1.54, 1.807) is 0 Å². The van der Waals surface area contributed by atoms with Gasteiger partial charge in [-0.05, 0) is 12.8 Å². The summed E-state index contributed by atoms with van der Waals surface area (Å²) >= 11 is 0. The molecular formula is C76H152NO8P. The molecule has 0 aliphatic rings. The summed E-state index contributed by atoms with van der Waals surface area (Å²) in [4.78, 5) is 38.1.